The van der Waals surface area contributed by atoms with Gasteiger partial charge in [-0.2, -0.15) is 5.10 Å². The van der Waals surface area contributed by atoms with E-state index in [1.165, 1.54) is 14.0 Å². The summed E-state index contributed by atoms with van der Waals surface area (Å²) in [5, 5.41) is 6.74. The molecule has 0 saturated heterocycles. The molecule has 7 nitrogen and oxygen atoms in total. The summed E-state index contributed by atoms with van der Waals surface area (Å²) in [4.78, 5) is 34.5. The minimum absolute atomic E-state index is 0.0311. The fourth-order valence-corrected chi connectivity index (χ4v) is 2.26. The molecule has 0 radical (unpaired) electrons. The maximum absolute atomic E-state index is 11.9. The lowest BCUT2D eigenvalue weighted by molar-refractivity contribution is -0.147. The van der Waals surface area contributed by atoms with Crippen molar-refractivity contribution < 1.29 is 19.1 Å². The molecule has 2 N–H and O–H groups in total. The summed E-state index contributed by atoms with van der Waals surface area (Å²) in [7, 11) is 1.24. The zero-order valence-electron chi connectivity index (χ0n) is 13.3. The molecule has 2 unspecified atom stereocenters. The SMILES string of the molecule is COC(=O)C(C)C(=O)Nc1ccc(C2=NNC(=O)CC2C)cc1. The van der Waals surface area contributed by atoms with Crippen LogP contribution in [0.2, 0.25) is 0 Å². The molecule has 0 aromatic heterocycles. The van der Waals surface area contributed by atoms with E-state index in [-0.39, 0.29) is 11.8 Å². The Morgan fingerprint density at radius 3 is 2.57 bits per heavy atom. The maximum Gasteiger partial charge on any atom is 0.317 e. The number of ether oxygens (including phenoxy) is 1. The largest absolute Gasteiger partial charge is 0.468 e. The van der Waals surface area contributed by atoms with E-state index in [1.807, 2.05) is 19.1 Å². The highest BCUT2D eigenvalue weighted by atomic mass is 16.5. The average Bonchev–Trinajstić information content (AvgIpc) is 2.54. The molecule has 7 heteroatoms. The van der Waals surface area contributed by atoms with Crippen molar-refractivity contribution in [3.05, 3.63) is 29.8 Å². The number of benzene rings is 1. The average molecular weight is 317 g/mol. The van der Waals surface area contributed by atoms with Gasteiger partial charge in [0, 0.05) is 18.0 Å². The third-order valence-corrected chi connectivity index (χ3v) is 3.66. The van der Waals surface area contributed by atoms with Crippen LogP contribution in [0.3, 0.4) is 0 Å². The number of hydrogen-bond acceptors (Lipinski definition) is 5. The van der Waals surface area contributed by atoms with Gasteiger partial charge in [0.1, 0.15) is 5.92 Å². The van der Waals surface area contributed by atoms with Crippen molar-refractivity contribution in [2.75, 3.05) is 12.4 Å². The molecule has 0 saturated carbocycles. The van der Waals surface area contributed by atoms with Crippen LogP contribution in [0.5, 0.6) is 0 Å². The van der Waals surface area contributed by atoms with Crippen LogP contribution in [-0.2, 0) is 19.1 Å². The maximum atomic E-state index is 11.9. The minimum Gasteiger partial charge on any atom is -0.468 e. The topological polar surface area (TPSA) is 96.9 Å². The number of nitrogens with zero attached hydrogens (tertiary/aromatic N) is 1. The zero-order chi connectivity index (χ0) is 17.0. The Bertz CT molecular complexity index is 652. The molecule has 1 aliphatic rings. The van der Waals surface area contributed by atoms with E-state index in [1.54, 1.807) is 12.1 Å². The molecule has 2 atom stereocenters. The van der Waals surface area contributed by atoms with Crippen molar-refractivity contribution in [2.24, 2.45) is 16.9 Å². The quantitative estimate of drug-likeness (QED) is 0.646. The predicted molar refractivity (Wildman–Crippen MR) is 84.7 cm³/mol. The van der Waals surface area contributed by atoms with Crippen LogP contribution >= 0.6 is 0 Å². The van der Waals surface area contributed by atoms with Gasteiger partial charge >= 0.3 is 5.97 Å². The first-order valence-electron chi connectivity index (χ1n) is 7.28. The van der Waals surface area contributed by atoms with Crippen molar-refractivity contribution in [1.29, 1.82) is 0 Å². The van der Waals surface area contributed by atoms with Crippen molar-refractivity contribution in [2.45, 2.75) is 20.3 Å². The molecule has 1 aromatic rings. The Kier molecular flexibility index (Phi) is 5.10. The summed E-state index contributed by atoms with van der Waals surface area (Å²) < 4.78 is 4.54. The number of anilines is 1. The van der Waals surface area contributed by atoms with Gasteiger partial charge in [-0.05, 0) is 24.6 Å². The molecule has 1 aromatic carbocycles. The molecule has 2 amide bonds. The lowest BCUT2D eigenvalue weighted by Crippen LogP contribution is -2.32. The number of esters is 1. The number of nitrogens with one attached hydrogen (secondary N) is 2. The molecular formula is C16H19N3O4. The minimum atomic E-state index is -0.877. The van der Waals surface area contributed by atoms with E-state index in [0.29, 0.717) is 12.1 Å². The van der Waals surface area contributed by atoms with Crippen molar-refractivity contribution in [3.63, 3.8) is 0 Å². The molecule has 2 rings (SSSR count). The fourth-order valence-electron chi connectivity index (χ4n) is 2.26. The van der Waals surface area contributed by atoms with Crippen molar-refractivity contribution >= 4 is 29.2 Å². The summed E-state index contributed by atoms with van der Waals surface area (Å²) in [6, 6.07) is 7.07. The molecule has 0 fully saturated rings. The Balaban J connectivity index is 2.07. The molecule has 0 aliphatic carbocycles. The van der Waals surface area contributed by atoms with Crippen LogP contribution in [0, 0.1) is 11.8 Å². The lowest BCUT2D eigenvalue weighted by Gasteiger charge is -2.19. The highest BCUT2D eigenvalue weighted by Crippen LogP contribution is 2.18. The van der Waals surface area contributed by atoms with Crippen molar-refractivity contribution in [3.8, 4) is 0 Å². The number of hydrogen-bond donors (Lipinski definition) is 2. The summed E-state index contributed by atoms with van der Waals surface area (Å²) in [5.74, 6) is -1.96. The van der Waals surface area contributed by atoms with Crippen LogP contribution in [0.4, 0.5) is 5.69 Å². The Hall–Kier alpha value is -2.70. The van der Waals surface area contributed by atoms with Gasteiger partial charge in [0.25, 0.3) is 0 Å². The summed E-state index contributed by atoms with van der Waals surface area (Å²) in [6.45, 7) is 3.42. The Labute approximate surface area is 134 Å². The number of methoxy groups -OCH3 is 1. The highest BCUT2D eigenvalue weighted by molar-refractivity contribution is 6.07. The van der Waals surface area contributed by atoms with Gasteiger partial charge in [-0.3, -0.25) is 14.4 Å². The molecule has 1 heterocycles. The first-order chi connectivity index (χ1) is 10.9. The highest BCUT2D eigenvalue weighted by Gasteiger charge is 2.23. The molecule has 122 valence electrons. The Morgan fingerprint density at radius 2 is 2.00 bits per heavy atom. The fraction of sp³-hybridized carbons (Fsp3) is 0.375. The number of amides is 2. The number of carbonyl (C=O) groups excluding carboxylic acids is 3. The van der Waals surface area contributed by atoms with Gasteiger partial charge in [-0.25, -0.2) is 5.43 Å². The molecule has 23 heavy (non-hydrogen) atoms. The van der Waals surface area contributed by atoms with E-state index >= 15 is 0 Å². The molecule has 1 aliphatic heterocycles. The first-order valence-corrected chi connectivity index (χ1v) is 7.28. The van der Waals surface area contributed by atoms with Gasteiger partial charge in [-0.15, -0.1) is 0 Å². The third-order valence-electron chi connectivity index (χ3n) is 3.66. The molecule has 0 bridgehead atoms. The van der Waals surface area contributed by atoms with Gasteiger partial charge < -0.3 is 10.1 Å². The van der Waals surface area contributed by atoms with Crippen molar-refractivity contribution in [1.82, 2.24) is 5.43 Å². The van der Waals surface area contributed by atoms with Gasteiger partial charge in [0.15, 0.2) is 0 Å². The van der Waals surface area contributed by atoms with Crippen LogP contribution in [-0.4, -0.2) is 30.6 Å². The Morgan fingerprint density at radius 1 is 1.35 bits per heavy atom. The standard InChI is InChI=1S/C16H19N3O4/c1-9-8-13(20)18-19-14(9)11-4-6-12(7-5-11)17-15(21)10(2)16(22)23-3/h4-7,9-10H,8H2,1-3H3,(H,17,21)(H,18,20). The number of rotatable bonds is 4. The van der Waals surface area contributed by atoms with E-state index in [2.05, 4.69) is 20.6 Å². The first kappa shape index (κ1) is 16.7. The van der Waals surface area contributed by atoms with Crippen LogP contribution < -0.4 is 10.7 Å². The van der Waals surface area contributed by atoms with Crippen LogP contribution in [0.1, 0.15) is 25.8 Å². The van der Waals surface area contributed by atoms with Gasteiger partial charge in [0.05, 0.1) is 12.8 Å². The second-order valence-electron chi connectivity index (χ2n) is 5.45. The lowest BCUT2D eigenvalue weighted by atomic mass is 9.94. The number of hydrazone groups is 1. The van der Waals surface area contributed by atoms with E-state index in [0.717, 1.165) is 11.3 Å². The smallest absolute Gasteiger partial charge is 0.317 e. The molecular weight excluding hydrogens is 298 g/mol. The van der Waals surface area contributed by atoms with Crippen LogP contribution in [0.15, 0.2) is 29.4 Å². The molecule has 0 spiro atoms. The monoisotopic (exact) mass is 317 g/mol. The summed E-state index contributed by atoms with van der Waals surface area (Å²) in [6.07, 6.45) is 0.397. The summed E-state index contributed by atoms with van der Waals surface area (Å²) in [5.41, 5.74) is 4.71. The van der Waals surface area contributed by atoms with E-state index in [9.17, 15) is 14.4 Å². The second kappa shape index (κ2) is 7.04. The van der Waals surface area contributed by atoms with Crippen LogP contribution in [0.25, 0.3) is 0 Å². The summed E-state index contributed by atoms with van der Waals surface area (Å²) >= 11 is 0. The third kappa shape index (κ3) is 3.94. The zero-order valence-corrected chi connectivity index (χ0v) is 13.3. The van der Waals surface area contributed by atoms with E-state index in [4.69, 9.17) is 0 Å². The normalized spacial score (nSPS) is 18.5. The second-order valence-corrected chi connectivity index (χ2v) is 5.45. The van der Waals surface area contributed by atoms with E-state index < -0.39 is 17.8 Å². The number of carbonyl (C=O) groups is 3. The predicted octanol–water partition coefficient (Wildman–Crippen LogP) is 1.29. The van der Waals surface area contributed by atoms with Gasteiger partial charge in [0.2, 0.25) is 11.8 Å². The van der Waals surface area contributed by atoms with Gasteiger partial charge in [-0.1, -0.05) is 19.1 Å².